The Labute approximate surface area is 132 Å². The van der Waals surface area contributed by atoms with Crippen molar-refractivity contribution in [2.24, 2.45) is 0 Å². The first-order chi connectivity index (χ1) is 11.2. The summed E-state index contributed by atoms with van der Waals surface area (Å²) >= 11 is 0. The first kappa shape index (κ1) is 14.7. The fraction of sp³-hybridized carbons (Fsp3) is 0.0556. The molecule has 2 aromatic carbocycles. The summed E-state index contributed by atoms with van der Waals surface area (Å²) in [5.41, 5.74) is 2.41. The Morgan fingerprint density at radius 1 is 0.913 bits per heavy atom. The number of carbonyl (C=O) groups is 2. The van der Waals surface area contributed by atoms with Gasteiger partial charge < -0.3 is 4.74 Å². The van der Waals surface area contributed by atoms with E-state index in [1.165, 1.54) is 13.3 Å². The van der Waals surface area contributed by atoms with Crippen LogP contribution in [0.4, 0.5) is 0 Å². The fourth-order valence-corrected chi connectivity index (χ4v) is 2.40. The summed E-state index contributed by atoms with van der Waals surface area (Å²) < 4.78 is 4.74. The molecule has 0 bridgehead atoms. The minimum Gasteiger partial charge on any atom is -0.465 e. The van der Waals surface area contributed by atoms with Gasteiger partial charge in [0.15, 0.2) is 5.78 Å². The van der Waals surface area contributed by atoms with Crippen LogP contribution in [0.5, 0.6) is 0 Å². The van der Waals surface area contributed by atoms with Crippen LogP contribution in [0.3, 0.4) is 0 Å². The lowest BCUT2D eigenvalue weighted by Gasteiger charge is -2.07. The van der Waals surface area contributed by atoms with Crippen LogP contribution in [-0.2, 0) is 4.74 Å². The Morgan fingerprint density at radius 2 is 1.57 bits per heavy atom. The maximum absolute atomic E-state index is 12.9. The van der Waals surface area contributed by atoms with E-state index in [2.05, 4.69) is 10.2 Å². The number of ether oxygens (including phenoxy) is 1. The lowest BCUT2D eigenvalue weighted by molar-refractivity contribution is 0.0597. The zero-order valence-electron chi connectivity index (χ0n) is 12.4. The van der Waals surface area contributed by atoms with Crippen molar-refractivity contribution in [2.75, 3.05) is 7.11 Å². The molecule has 3 rings (SSSR count). The number of hydrogen-bond acceptors (Lipinski definition) is 4. The van der Waals surface area contributed by atoms with Gasteiger partial charge in [-0.15, -0.1) is 0 Å². The van der Waals surface area contributed by atoms with Gasteiger partial charge in [0.2, 0.25) is 0 Å². The highest BCUT2D eigenvalue weighted by Gasteiger charge is 2.22. The van der Waals surface area contributed by atoms with Crippen LogP contribution in [0.2, 0.25) is 0 Å². The maximum atomic E-state index is 12.9. The van der Waals surface area contributed by atoms with Crippen molar-refractivity contribution in [1.82, 2.24) is 10.2 Å². The molecule has 0 saturated carbocycles. The molecule has 0 saturated heterocycles. The molecule has 0 aliphatic heterocycles. The van der Waals surface area contributed by atoms with E-state index in [-0.39, 0.29) is 16.9 Å². The van der Waals surface area contributed by atoms with Crippen LogP contribution in [0.15, 0.2) is 60.8 Å². The molecule has 23 heavy (non-hydrogen) atoms. The zero-order valence-corrected chi connectivity index (χ0v) is 12.4. The molecule has 0 fully saturated rings. The first-order valence-corrected chi connectivity index (χ1v) is 7.03. The number of carbonyl (C=O) groups excluding carboxylic acids is 2. The summed E-state index contributed by atoms with van der Waals surface area (Å²) in [5.74, 6) is -0.822. The van der Waals surface area contributed by atoms with Crippen LogP contribution >= 0.6 is 0 Å². The van der Waals surface area contributed by atoms with E-state index < -0.39 is 5.97 Å². The predicted molar refractivity (Wildman–Crippen MR) is 85.2 cm³/mol. The quantitative estimate of drug-likeness (QED) is 0.594. The van der Waals surface area contributed by atoms with Gasteiger partial charge in [0.1, 0.15) is 0 Å². The molecule has 5 heteroatoms. The highest BCUT2D eigenvalue weighted by Crippen LogP contribution is 2.24. The highest BCUT2D eigenvalue weighted by atomic mass is 16.5. The van der Waals surface area contributed by atoms with Crippen LogP contribution in [0, 0.1) is 0 Å². The Morgan fingerprint density at radius 3 is 2.26 bits per heavy atom. The second kappa shape index (κ2) is 6.27. The zero-order chi connectivity index (χ0) is 16.2. The van der Waals surface area contributed by atoms with Crippen LogP contribution in [0.25, 0.3) is 11.3 Å². The first-order valence-electron chi connectivity index (χ1n) is 7.03. The van der Waals surface area contributed by atoms with Crippen LogP contribution < -0.4 is 0 Å². The minimum atomic E-state index is -0.543. The van der Waals surface area contributed by atoms with Crippen molar-refractivity contribution in [3.05, 3.63) is 77.5 Å². The van der Waals surface area contributed by atoms with Gasteiger partial charge in [0.25, 0.3) is 0 Å². The van der Waals surface area contributed by atoms with Crippen molar-refractivity contribution in [2.45, 2.75) is 0 Å². The van der Waals surface area contributed by atoms with E-state index in [4.69, 9.17) is 4.74 Å². The second-order valence-electron chi connectivity index (χ2n) is 4.89. The van der Waals surface area contributed by atoms with Gasteiger partial charge in [0.05, 0.1) is 30.1 Å². The normalized spacial score (nSPS) is 10.3. The predicted octanol–water partition coefficient (Wildman–Crippen LogP) is 3.09. The van der Waals surface area contributed by atoms with E-state index in [1.54, 1.807) is 24.3 Å². The molecule has 1 aromatic heterocycles. The van der Waals surface area contributed by atoms with Crippen molar-refractivity contribution in [3.63, 3.8) is 0 Å². The van der Waals surface area contributed by atoms with Gasteiger partial charge in [-0.2, -0.15) is 5.10 Å². The summed E-state index contributed by atoms with van der Waals surface area (Å²) in [5, 5.41) is 6.83. The SMILES string of the molecule is COC(=O)c1ccccc1C(=O)c1cn[nH]c1-c1ccccc1. The number of benzene rings is 2. The smallest absolute Gasteiger partial charge is 0.338 e. The average molecular weight is 306 g/mol. The topological polar surface area (TPSA) is 72.1 Å². The number of H-pyrrole nitrogens is 1. The van der Waals surface area contributed by atoms with Crippen molar-refractivity contribution in [3.8, 4) is 11.3 Å². The molecule has 1 N–H and O–H groups in total. The molecule has 114 valence electrons. The number of nitrogens with zero attached hydrogens (tertiary/aromatic N) is 1. The number of aromatic nitrogens is 2. The third-order valence-corrected chi connectivity index (χ3v) is 3.52. The van der Waals surface area contributed by atoms with Crippen LogP contribution in [-0.4, -0.2) is 29.1 Å². The van der Waals surface area contributed by atoms with Crippen LogP contribution in [0.1, 0.15) is 26.3 Å². The van der Waals surface area contributed by atoms with E-state index >= 15 is 0 Å². The lowest BCUT2D eigenvalue weighted by Crippen LogP contribution is -2.11. The molecule has 3 aromatic rings. The summed E-state index contributed by atoms with van der Waals surface area (Å²) in [4.78, 5) is 24.7. The number of rotatable bonds is 4. The van der Waals surface area contributed by atoms with E-state index in [9.17, 15) is 9.59 Å². The minimum absolute atomic E-state index is 0.236. The van der Waals surface area contributed by atoms with Gasteiger partial charge in [-0.25, -0.2) is 4.79 Å². The monoisotopic (exact) mass is 306 g/mol. The van der Waals surface area contributed by atoms with Gasteiger partial charge in [0, 0.05) is 11.1 Å². The number of nitrogens with one attached hydrogen (secondary N) is 1. The molecule has 5 nitrogen and oxygen atoms in total. The fourth-order valence-electron chi connectivity index (χ4n) is 2.40. The molecule has 0 amide bonds. The summed E-state index contributed by atoms with van der Waals surface area (Å²) in [6.07, 6.45) is 1.47. The van der Waals surface area contributed by atoms with E-state index in [0.29, 0.717) is 11.3 Å². The Hall–Kier alpha value is -3.21. The summed E-state index contributed by atoms with van der Waals surface area (Å²) in [7, 11) is 1.29. The molecule has 0 aliphatic rings. The van der Waals surface area contributed by atoms with Gasteiger partial charge in [-0.05, 0) is 6.07 Å². The van der Waals surface area contributed by atoms with E-state index in [1.807, 2.05) is 30.3 Å². The molecular formula is C18H14N2O3. The number of methoxy groups -OCH3 is 1. The standard InChI is InChI=1S/C18H14N2O3/c1-23-18(22)14-10-6-5-9-13(14)17(21)15-11-19-20-16(15)12-7-3-2-4-8-12/h2-11H,1H3,(H,19,20). The van der Waals surface area contributed by atoms with Crippen molar-refractivity contribution < 1.29 is 14.3 Å². The highest BCUT2D eigenvalue weighted by molar-refractivity contribution is 6.16. The molecule has 0 aliphatic carbocycles. The number of aromatic amines is 1. The summed E-state index contributed by atoms with van der Waals surface area (Å²) in [6.45, 7) is 0. The second-order valence-corrected chi connectivity index (χ2v) is 4.89. The molecule has 0 spiro atoms. The molecule has 0 unspecified atom stereocenters. The third-order valence-electron chi connectivity index (χ3n) is 3.52. The Balaban J connectivity index is 2.07. The van der Waals surface area contributed by atoms with Crippen molar-refractivity contribution in [1.29, 1.82) is 0 Å². The average Bonchev–Trinajstić information content (AvgIpc) is 3.11. The van der Waals surface area contributed by atoms with Crippen molar-refractivity contribution >= 4 is 11.8 Å². The number of ketones is 1. The third kappa shape index (κ3) is 2.76. The molecule has 0 atom stereocenters. The number of hydrogen-bond donors (Lipinski definition) is 1. The Kier molecular flexibility index (Phi) is 4.01. The molecule has 0 radical (unpaired) electrons. The maximum Gasteiger partial charge on any atom is 0.338 e. The van der Waals surface area contributed by atoms with Gasteiger partial charge in [-0.1, -0.05) is 48.5 Å². The number of esters is 1. The molecule has 1 heterocycles. The summed E-state index contributed by atoms with van der Waals surface area (Å²) in [6, 6.07) is 16.0. The Bertz CT molecular complexity index is 853. The van der Waals surface area contributed by atoms with Gasteiger partial charge in [-0.3, -0.25) is 9.89 Å². The van der Waals surface area contributed by atoms with Gasteiger partial charge >= 0.3 is 5.97 Å². The largest absolute Gasteiger partial charge is 0.465 e. The van der Waals surface area contributed by atoms with E-state index in [0.717, 1.165) is 5.56 Å². The molecular weight excluding hydrogens is 292 g/mol. The lowest BCUT2D eigenvalue weighted by atomic mass is 9.97.